The van der Waals surface area contributed by atoms with Crippen molar-refractivity contribution in [1.82, 2.24) is 4.90 Å². The summed E-state index contributed by atoms with van der Waals surface area (Å²) in [6.45, 7) is 10.0. The van der Waals surface area contributed by atoms with Crippen LogP contribution in [0, 0.1) is 4.91 Å². The highest BCUT2D eigenvalue weighted by atomic mass is 19.1. The van der Waals surface area contributed by atoms with Gasteiger partial charge in [0.15, 0.2) is 5.75 Å². The molecule has 0 spiro atoms. The molecule has 2 heterocycles. The van der Waals surface area contributed by atoms with E-state index in [2.05, 4.69) is 25.0 Å². The Morgan fingerprint density at radius 1 is 1.16 bits per heavy atom. The molecule has 0 N–H and O–H groups in total. The largest absolute Gasteiger partial charge is 0.496 e. The van der Waals surface area contributed by atoms with Crippen LogP contribution in [0.2, 0.25) is 0 Å². The molecule has 0 fully saturated rings. The number of allylic oxidation sites excluding steroid dienone is 3. The van der Waals surface area contributed by atoms with Gasteiger partial charge in [0.25, 0.3) is 10.7 Å². The summed E-state index contributed by atoms with van der Waals surface area (Å²) in [7, 11) is 4.37. The van der Waals surface area contributed by atoms with Crippen LogP contribution in [-0.4, -0.2) is 43.7 Å². The molecular weight excluding hydrogens is 479 g/mol. The molecule has 2 atom stereocenters. The molecule has 2 aliphatic rings. The summed E-state index contributed by atoms with van der Waals surface area (Å²) in [6, 6.07) is 7.47. The monoisotopic (exact) mass is 509 g/mol. The van der Waals surface area contributed by atoms with E-state index in [1.165, 1.54) is 27.4 Å². The number of halogens is 1. The first-order valence-corrected chi connectivity index (χ1v) is 11.8. The van der Waals surface area contributed by atoms with E-state index < -0.39 is 11.8 Å². The van der Waals surface area contributed by atoms with E-state index in [9.17, 15) is 14.1 Å². The summed E-state index contributed by atoms with van der Waals surface area (Å²) < 4.78 is 29.3. The van der Waals surface area contributed by atoms with Crippen LogP contribution in [0.5, 0.6) is 17.2 Å². The van der Waals surface area contributed by atoms with Crippen LogP contribution in [0.25, 0.3) is 0 Å². The predicted octanol–water partition coefficient (Wildman–Crippen LogP) is 5.33. The summed E-state index contributed by atoms with van der Waals surface area (Å²) in [5, 5.41) is 0. The second-order valence-corrected chi connectivity index (χ2v) is 8.93. The van der Waals surface area contributed by atoms with Crippen molar-refractivity contribution in [2.75, 3.05) is 27.9 Å². The lowest BCUT2D eigenvalue weighted by atomic mass is 9.76. The zero-order valence-electron chi connectivity index (χ0n) is 21.4. The van der Waals surface area contributed by atoms with E-state index >= 15 is 0 Å². The number of ether oxygens (including phenoxy) is 3. The average molecular weight is 510 g/mol. The van der Waals surface area contributed by atoms with Crippen molar-refractivity contribution in [3.63, 3.8) is 0 Å². The number of benzene rings is 2. The number of rotatable bonds is 8. The minimum atomic E-state index is -0.798. The number of carbonyl (C=O) groups excluding carboxylic acids is 1. The zero-order chi connectivity index (χ0) is 26.9. The molecule has 194 valence electrons. The minimum absolute atomic E-state index is 0.0184. The lowest BCUT2D eigenvalue weighted by molar-refractivity contribution is -0.720. The van der Waals surface area contributed by atoms with Crippen molar-refractivity contribution in [3.8, 4) is 17.2 Å². The quantitative estimate of drug-likeness (QED) is 0.270. The van der Waals surface area contributed by atoms with Gasteiger partial charge in [0.2, 0.25) is 0 Å². The molecule has 37 heavy (non-hydrogen) atoms. The third kappa shape index (κ3) is 4.74. The van der Waals surface area contributed by atoms with Crippen LogP contribution in [0.3, 0.4) is 0 Å². The number of fused-ring (bicyclic) bond motifs is 4. The van der Waals surface area contributed by atoms with Crippen molar-refractivity contribution >= 4 is 5.97 Å². The second-order valence-electron chi connectivity index (χ2n) is 8.93. The summed E-state index contributed by atoms with van der Waals surface area (Å²) in [5.74, 6) is -0.154. The van der Waals surface area contributed by atoms with Crippen LogP contribution in [-0.2, 0) is 17.7 Å². The van der Waals surface area contributed by atoms with Gasteiger partial charge in [-0.25, -0.2) is 9.18 Å². The van der Waals surface area contributed by atoms with E-state index in [0.29, 0.717) is 23.6 Å². The first kappa shape index (κ1) is 26.1. The Balaban J connectivity index is 1.79. The SMILES string of the molecule is C=C/C(=C\C(=C)F)[N+](=O)Oc1c(OC)ccc2c1CN1CCc3cc(OC)c(C(=O)OC)cc3C1C2C. The fourth-order valence-electron chi connectivity index (χ4n) is 5.26. The highest BCUT2D eigenvalue weighted by molar-refractivity contribution is 5.93. The maximum atomic E-state index is 13.4. The highest BCUT2D eigenvalue weighted by Gasteiger charge is 2.41. The first-order valence-electron chi connectivity index (χ1n) is 11.8. The molecule has 0 amide bonds. The van der Waals surface area contributed by atoms with Gasteiger partial charge in [-0.05, 0) is 41.3 Å². The lowest BCUT2D eigenvalue weighted by Gasteiger charge is -2.45. The summed E-state index contributed by atoms with van der Waals surface area (Å²) in [4.78, 5) is 33.4. The Morgan fingerprint density at radius 3 is 2.51 bits per heavy atom. The normalized spacial score (nSPS) is 18.6. The lowest BCUT2D eigenvalue weighted by Crippen LogP contribution is -2.41. The highest BCUT2D eigenvalue weighted by Crippen LogP contribution is 2.50. The Labute approximate surface area is 215 Å². The molecule has 2 unspecified atom stereocenters. The standard InChI is InChI=1S/C28H30FN2O6/c1-7-19(12-16(2)29)31(33)37-27-23-15-30-11-10-18-13-25(35-5)22(28(32)36-6)14-21(18)26(30)17(3)20(23)8-9-24(27)34-4/h7-9,12-14,17,26H,1-2,10-11,15H2,3-6H3/q+1/b19-12+. The number of nitrogens with zero attached hydrogens (tertiary/aromatic N) is 2. The van der Waals surface area contributed by atoms with Crippen LogP contribution in [0.4, 0.5) is 4.39 Å². The topological polar surface area (TPSA) is 77.3 Å². The molecule has 2 aromatic carbocycles. The van der Waals surface area contributed by atoms with Crippen LogP contribution >= 0.6 is 0 Å². The smallest absolute Gasteiger partial charge is 0.341 e. The number of esters is 1. The van der Waals surface area contributed by atoms with Gasteiger partial charge < -0.3 is 14.2 Å². The summed E-state index contributed by atoms with van der Waals surface area (Å²) >= 11 is 0. The summed E-state index contributed by atoms with van der Waals surface area (Å²) in [6.07, 6.45) is 2.88. The number of hydrogen-bond acceptors (Lipinski definition) is 7. The first-order chi connectivity index (χ1) is 17.7. The molecule has 0 aliphatic carbocycles. The van der Waals surface area contributed by atoms with Crippen LogP contribution in [0.1, 0.15) is 51.5 Å². The fourth-order valence-corrected chi connectivity index (χ4v) is 5.26. The van der Waals surface area contributed by atoms with Crippen molar-refractivity contribution in [1.29, 1.82) is 0 Å². The maximum absolute atomic E-state index is 13.4. The van der Waals surface area contributed by atoms with Gasteiger partial charge in [-0.15, -0.1) is 0 Å². The van der Waals surface area contributed by atoms with Gasteiger partial charge in [-0.2, -0.15) is 4.84 Å². The fraction of sp³-hybridized carbons (Fsp3) is 0.321. The van der Waals surface area contributed by atoms with E-state index in [4.69, 9.17) is 19.0 Å². The van der Waals surface area contributed by atoms with E-state index in [1.807, 2.05) is 18.2 Å². The van der Waals surface area contributed by atoms with Crippen LogP contribution < -0.4 is 14.3 Å². The Hall–Kier alpha value is -3.98. The van der Waals surface area contributed by atoms with Crippen molar-refractivity contribution in [3.05, 3.63) is 93.8 Å². The van der Waals surface area contributed by atoms with E-state index in [-0.39, 0.29) is 28.3 Å². The van der Waals surface area contributed by atoms with Gasteiger partial charge >= 0.3 is 11.7 Å². The van der Waals surface area contributed by atoms with E-state index in [1.54, 1.807) is 6.07 Å². The van der Waals surface area contributed by atoms with Crippen molar-refractivity contribution in [2.45, 2.75) is 31.8 Å². The Morgan fingerprint density at radius 2 is 1.89 bits per heavy atom. The van der Waals surface area contributed by atoms with Crippen molar-refractivity contribution < 1.29 is 33.2 Å². The molecule has 0 aromatic heterocycles. The van der Waals surface area contributed by atoms with Gasteiger partial charge in [0.1, 0.15) is 17.1 Å². The number of carbonyl (C=O) groups is 1. The van der Waals surface area contributed by atoms with Gasteiger partial charge in [-0.1, -0.05) is 26.1 Å². The third-order valence-corrected chi connectivity index (χ3v) is 6.95. The third-order valence-electron chi connectivity index (χ3n) is 6.95. The predicted molar refractivity (Wildman–Crippen MR) is 135 cm³/mol. The molecule has 4 rings (SSSR count). The molecule has 0 saturated carbocycles. The molecule has 9 heteroatoms. The Kier molecular flexibility index (Phi) is 7.45. The molecule has 0 radical (unpaired) electrons. The van der Waals surface area contributed by atoms with Crippen molar-refractivity contribution in [2.24, 2.45) is 0 Å². The van der Waals surface area contributed by atoms with Gasteiger partial charge in [0, 0.05) is 36.7 Å². The molecular formula is C28H30FN2O6+. The minimum Gasteiger partial charge on any atom is -0.496 e. The molecule has 0 bridgehead atoms. The second kappa shape index (κ2) is 10.6. The maximum Gasteiger partial charge on any atom is 0.341 e. The zero-order valence-corrected chi connectivity index (χ0v) is 21.4. The molecule has 8 nitrogen and oxygen atoms in total. The average Bonchev–Trinajstić information content (AvgIpc) is 2.90. The molecule has 2 aromatic rings. The van der Waals surface area contributed by atoms with Gasteiger partial charge in [-0.3, -0.25) is 4.90 Å². The van der Waals surface area contributed by atoms with Gasteiger partial charge in [0.05, 0.1) is 32.3 Å². The van der Waals surface area contributed by atoms with Crippen LogP contribution in [0.15, 0.2) is 61.1 Å². The number of hydrogen-bond donors (Lipinski definition) is 0. The number of methoxy groups -OCH3 is 3. The summed E-state index contributed by atoms with van der Waals surface area (Å²) in [5.41, 5.74) is 4.17. The molecule has 2 aliphatic heterocycles. The Bertz CT molecular complexity index is 1320. The molecule has 0 saturated heterocycles. The van der Waals surface area contributed by atoms with E-state index in [0.717, 1.165) is 41.3 Å².